The van der Waals surface area contributed by atoms with Crippen molar-refractivity contribution in [1.82, 2.24) is 5.32 Å². The number of alkyl halides is 1. The molecule has 0 aliphatic rings. The molecule has 1 N–H and O–H groups in total. The van der Waals surface area contributed by atoms with Crippen LogP contribution in [-0.2, 0) is 0 Å². The predicted octanol–water partition coefficient (Wildman–Crippen LogP) is 3.74. The number of carbonyl (C=O) groups excluding carboxylic acids is 1. The second kappa shape index (κ2) is 7.07. The van der Waals surface area contributed by atoms with Gasteiger partial charge in [0.05, 0.1) is 0 Å². The number of hydrogen-bond donors (Lipinski definition) is 1. The maximum atomic E-state index is 11.7. The molecule has 1 rings (SSSR count). The summed E-state index contributed by atoms with van der Waals surface area (Å²) in [6.07, 6.45) is 2.06. The molecule has 16 heavy (non-hydrogen) atoms. The van der Waals surface area contributed by atoms with Crippen molar-refractivity contribution in [2.75, 3.05) is 6.54 Å². The lowest BCUT2D eigenvalue weighted by molar-refractivity contribution is 0.0953. The molecule has 0 saturated carbocycles. The number of nitrogens with one attached hydrogen (secondary N) is 1. The highest BCUT2D eigenvalue weighted by Gasteiger charge is 2.04. The fourth-order valence-electron chi connectivity index (χ4n) is 1.32. The third-order valence-corrected chi connectivity index (χ3v) is 3.10. The van der Waals surface area contributed by atoms with Crippen LogP contribution in [0.1, 0.15) is 30.1 Å². The summed E-state index contributed by atoms with van der Waals surface area (Å²) in [4.78, 5) is 12.2. The molecule has 0 aliphatic carbocycles. The normalized spacial score (nSPS) is 12.2. The first-order valence-electron chi connectivity index (χ1n) is 5.27. The van der Waals surface area contributed by atoms with Crippen LogP contribution in [0.3, 0.4) is 0 Å². The molecule has 0 spiro atoms. The topological polar surface area (TPSA) is 29.1 Å². The second-order valence-corrected chi connectivity index (χ2v) is 6.17. The van der Waals surface area contributed by atoms with Crippen LogP contribution in [0.15, 0.2) is 28.7 Å². The molecular weight excluding hydrogens is 334 g/mol. The van der Waals surface area contributed by atoms with Crippen molar-refractivity contribution in [2.45, 2.75) is 24.6 Å². The molecular formula is C12H15Br2NO. The molecule has 2 nitrogen and oxygen atoms in total. The number of halogens is 2. The molecule has 1 atom stereocenters. The molecule has 1 aromatic rings. The molecule has 0 aromatic heterocycles. The van der Waals surface area contributed by atoms with Crippen LogP contribution >= 0.6 is 31.9 Å². The van der Waals surface area contributed by atoms with Gasteiger partial charge in [0, 0.05) is 21.4 Å². The summed E-state index contributed by atoms with van der Waals surface area (Å²) >= 11 is 6.82. The minimum Gasteiger partial charge on any atom is -0.352 e. The van der Waals surface area contributed by atoms with E-state index in [0.29, 0.717) is 10.4 Å². The number of hydrogen-bond acceptors (Lipinski definition) is 1. The average molecular weight is 349 g/mol. The molecule has 4 heteroatoms. The monoisotopic (exact) mass is 347 g/mol. The van der Waals surface area contributed by atoms with E-state index in [-0.39, 0.29) is 5.91 Å². The van der Waals surface area contributed by atoms with E-state index in [1.54, 1.807) is 0 Å². The first-order chi connectivity index (χ1) is 7.59. The van der Waals surface area contributed by atoms with Crippen molar-refractivity contribution in [3.8, 4) is 0 Å². The number of benzene rings is 1. The van der Waals surface area contributed by atoms with Gasteiger partial charge in [-0.1, -0.05) is 44.8 Å². The SMILES string of the molecule is CC(Br)CCCNC(=O)c1cccc(Br)c1. The Bertz CT molecular complexity index is 353. The minimum atomic E-state index is -0.0106. The third-order valence-electron chi connectivity index (χ3n) is 2.15. The van der Waals surface area contributed by atoms with E-state index < -0.39 is 0 Å². The molecule has 0 bridgehead atoms. The van der Waals surface area contributed by atoms with Crippen LogP contribution in [-0.4, -0.2) is 17.3 Å². The molecule has 0 aliphatic heterocycles. The molecule has 88 valence electrons. The van der Waals surface area contributed by atoms with Crippen LogP contribution in [0, 0.1) is 0 Å². The van der Waals surface area contributed by atoms with Gasteiger partial charge >= 0.3 is 0 Å². The Hall–Kier alpha value is -0.350. The van der Waals surface area contributed by atoms with E-state index in [9.17, 15) is 4.79 Å². The van der Waals surface area contributed by atoms with E-state index in [0.717, 1.165) is 23.9 Å². The van der Waals surface area contributed by atoms with Crippen molar-refractivity contribution < 1.29 is 4.79 Å². The summed E-state index contributed by atoms with van der Waals surface area (Å²) in [5.74, 6) is -0.0106. The van der Waals surface area contributed by atoms with Gasteiger partial charge in [0.2, 0.25) is 0 Å². The van der Waals surface area contributed by atoms with Crippen LogP contribution in [0.2, 0.25) is 0 Å². The summed E-state index contributed by atoms with van der Waals surface area (Å²) in [6.45, 7) is 2.83. The zero-order valence-corrected chi connectivity index (χ0v) is 12.3. The van der Waals surface area contributed by atoms with E-state index in [2.05, 4.69) is 44.1 Å². The Labute approximate surface area is 113 Å². The van der Waals surface area contributed by atoms with E-state index in [4.69, 9.17) is 0 Å². The maximum Gasteiger partial charge on any atom is 0.251 e. The lowest BCUT2D eigenvalue weighted by Crippen LogP contribution is -2.24. The van der Waals surface area contributed by atoms with Gasteiger partial charge in [-0.2, -0.15) is 0 Å². The molecule has 1 unspecified atom stereocenters. The predicted molar refractivity (Wildman–Crippen MR) is 74.1 cm³/mol. The zero-order chi connectivity index (χ0) is 12.0. The fourth-order valence-corrected chi connectivity index (χ4v) is 2.04. The third kappa shape index (κ3) is 5.12. The second-order valence-electron chi connectivity index (χ2n) is 3.69. The summed E-state index contributed by atoms with van der Waals surface area (Å²) in [5.41, 5.74) is 0.696. The lowest BCUT2D eigenvalue weighted by Gasteiger charge is -2.06. The average Bonchev–Trinajstić information content (AvgIpc) is 2.24. The standard InChI is InChI=1S/C12H15Br2NO/c1-9(13)4-3-7-15-12(16)10-5-2-6-11(14)8-10/h2,5-6,8-9H,3-4,7H2,1H3,(H,15,16). The zero-order valence-electron chi connectivity index (χ0n) is 9.17. The summed E-state index contributed by atoms with van der Waals surface area (Å²) < 4.78 is 0.925. The van der Waals surface area contributed by atoms with Crippen LogP contribution < -0.4 is 5.32 Å². The summed E-state index contributed by atoms with van der Waals surface area (Å²) in [7, 11) is 0. The Balaban J connectivity index is 2.35. The number of amides is 1. The van der Waals surface area contributed by atoms with E-state index in [1.807, 2.05) is 24.3 Å². The van der Waals surface area contributed by atoms with E-state index >= 15 is 0 Å². The highest BCUT2D eigenvalue weighted by molar-refractivity contribution is 9.10. The molecule has 0 fully saturated rings. The number of rotatable bonds is 5. The molecule has 0 saturated heterocycles. The Kier molecular flexibility index (Phi) is 6.06. The van der Waals surface area contributed by atoms with Gasteiger partial charge < -0.3 is 5.32 Å². The van der Waals surface area contributed by atoms with Crippen molar-refractivity contribution in [3.63, 3.8) is 0 Å². The van der Waals surface area contributed by atoms with Crippen LogP contribution in [0.4, 0.5) is 0 Å². The lowest BCUT2D eigenvalue weighted by atomic mass is 10.2. The first-order valence-corrected chi connectivity index (χ1v) is 6.98. The smallest absolute Gasteiger partial charge is 0.251 e. The molecule has 0 radical (unpaired) electrons. The van der Waals surface area contributed by atoms with Gasteiger partial charge in [0.1, 0.15) is 0 Å². The van der Waals surface area contributed by atoms with Crippen LogP contribution in [0.5, 0.6) is 0 Å². The van der Waals surface area contributed by atoms with Crippen molar-refractivity contribution in [3.05, 3.63) is 34.3 Å². The van der Waals surface area contributed by atoms with Gasteiger partial charge in [0.25, 0.3) is 5.91 Å². The maximum absolute atomic E-state index is 11.7. The van der Waals surface area contributed by atoms with Gasteiger partial charge in [-0.05, 0) is 31.0 Å². The van der Waals surface area contributed by atoms with Gasteiger partial charge in [-0.25, -0.2) is 0 Å². The number of carbonyl (C=O) groups is 1. The highest BCUT2D eigenvalue weighted by atomic mass is 79.9. The fraction of sp³-hybridized carbons (Fsp3) is 0.417. The van der Waals surface area contributed by atoms with Crippen molar-refractivity contribution >= 4 is 37.8 Å². The quantitative estimate of drug-likeness (QED) is 0.637. The van der Waals surface area contributed by atoms with Crippen LogP contribution in [0.25, 0.3) is 0 Å². The van der Waals surface area contributed by atoms with Crippen molar-refractivity contribution in [2.24, 2.45) is 0 Å². The highest BCUT2D eigenvalue weighted by Crippen LogP contribution is 2.11. The summed E-state index contributed by atoms with van der Waals surface area (Å²) in [5, 5.41) is 2.90. The molecule has 0 heterocycles. The Morgan fingerprint density at radius 1 is 1.50 bits per heavy atom. The Morgan fingerprint density at radius 2 is 2.25 bits per heavy atom. The van der Waals surface area contributed by atoms with Crippen molar-refractivity contribution in [1.29, 1.82) is 0 Å². The van der Waals surface area contributed by atoms with Gasteiger partial charge in [-0.3, -0.25) is 4.79 Å². The van der Waals surface area contributed by atoms with Gasteiger partial charge in [-0.15, -0.1) is 0 Å². The minimum absolute atomic E-state index is 0.0106. The van der Waals surface area contributed by atoms with Gasteiger partial charge in [0.15, 0.2) is 0 Å². The largest absolute Gasteiger partial charge is 0.352 e. The summed E-state index contributed by atoms with van der Waals surface area (Å²) in [6, 6.07) is 7.40. The first kappa shape index (κ1) is 13.7. The van der Waals surface area contributed by atoms with E-state index in [1.165, 1.54) is 0 Å². The molecule has 1 aromatic carbocycles. The molecule has 1 amide bonds. The Morgan fingerprint density at radius 3 is 2.88 bits per heavy atom.